The van der Waals surface area contributed by atoms with Crippen LogP contribution in [-0.4, -0.2) is 6.54 Å². The van der Waals surface area contributed by atoms with E-state index in [1.54, 1.807) is 0 Å². The van der Waals surface area contributed by atoms with Gasteiger partial charge in [-0.3, -0.25) is 0 Å². The van der Waals surface area contributed by atoms with Crippen LogP contribution in [0.4, 0.5) is 0 Å². The lowest BCUT2D eigenvalue weighted by Gasteiger charge is -2.21. The Morgan fingerprint density at radius 1 is 1.10 bits per heavy atom. The summed E-state index contributed by atoms with van der Waals surface area (Å²) in [6, 6.07) is 13.4. The first-order chi connectivity index (χ1) is 9.52. The predicted molar refractivity (Wildman–Crippen MR) is 98.3 cm³/mol. The van der Waals surface area contributed by atoms with Crippen molar-refractivity contribution in [2.75, 3.05) is 6.54 Å². The highest BCUT2D eigenvalue weighted by molar-refractivity contribution is 14.1. The van der Waals surface area contributed by atoms with Gasteiger partial charge in [-0.1, -0.05) is 41.1 Å². The van der Waals surface area contributed by atoms with E-state index in [9.17, 15) is 0 Å². The van der Waals surface area contributed by atoms with E-state index in [2.05, 4.69) is 101 Å². The lowest BCUT2D eigenvalue weighted by atomic mass is 9.95. The minimum atomic E-state index is 0.225. The molecule has 0 spiro atoms. The van der Waals surface area contributed by atoms with Crippen molar-refractivity contribution in [3.8, 4) is 0 Å². The molecular formula is C17H19BrIN. The van der Waals surface area contributed by atoms with Crippen molar-refractivity contribution in [2.24, 2.45) is 0 Å². The molecule has 1 N–H and O–H groups in total. The third kappa shape index (κ3) is 3.62. The van der Waals surface area contributed by atoms with Crippen LogP contribution in [0.5, 0.6) is 0 Å². The molecule has 2 rings (SSSR count). The Hall–Kier alpha value is -0.390. The van der Waals surface area contributed by atoms with E-state index in [-0.39, 0.29) is 6.04 Å². The minimum absolute atomic E-state index is 0.225. The van der Waals surface area contributed by atoms with Gasteiger partial charge in [-0.2, -0.15) is 0 Å². The van der Waals surface area contributed by atoms with Gasteiger partial charge in [-0.25, -0.2) is 0 Å². The second-order valence-electron chi connectivity index (χ2n) is 5.00. The van der Waals surface area contributed by atoms with Gasteiger partial charge in [0, 0.05) is 8.04 Å². The molecule has 3 heteroatoms. The number of rotatable bonds is 4. The molecule has 20 heavy (non-hydrogen) atoms. The summed E-state index contributed by atoms with van der Waals surface area (Å²) in [5.41, 5.74) is 5.29. The average molecular weight is 444 g/mol. The zero-order valence-corrected chi connectivity index (χ0v) is 15.7. The molecule has 0 saturated carbocycles. The molecule has 1 unspecified atom stereocenters. The molecule has 0 aliphatic heterocycles. The predicted octanol–water partition coefficient (Wildman–Crippen LogP) is 5.37. The van der Waals surface area contributed by atoms with Gasteiger partial charge in [0.15, 0.2) is 0 Å². The van der Waals surface area contributed by atoms with Crippen LogP contribution in [0.2, 0.25) is 0 Å². The van der Waals surface area contributed by atoms with Crippen molar-refractivity contribution in [1.82, 2.24) is 5.32 Å². The van der Waals surface area contributed by atoms with Crippen molar-refractivity contribution in [2.45, 2.75) is 26.8 Å². The Kier molecular flexibility index (Phi) is 5.64. The third-order valence-corrected chi connectivity index (χ3v) is 4.93. The average Bonchev–Trinajstić information content (AvgIpc) is 2.42. The lowest BCUT2D eigenvalue weighted by Crippen LogP contribution is -2.22. The number of benzene rings is 2. The summed E-state index contributed by atoms with van der Waals surface area (Å²) < 4.78 is 2.41. The second-order valence-corrected chi connectivity index (χ2v) is 7.10. The zero-order chi connectivity index (χ0) is 14.7. The minimum Gasteiger partial charge on any atom is -0.306 e. The highest BCUT2D eigenvalue weighted by Crippen LogP contribution is 2.30. The SMILES string of the molecule is CCNC(c1ccc(C)c(C)c1)c1cc(I)ccc1Br. The highest BCUT2D eigenvalue weighted by Gasteiger charge is 2.16. The smallest absolute Gasteiger partial charge is 0.0588 e. The summed E-state index contributed by atoms with van der Waals surface area (Å²) in [6.07, 6.45) is 0. The molecule has 0 aliphatic rings. The van der Waals surface area contributed by atoms with E-state index in [1.165, 1.54) is 25.8 Å². The van der Waals surface area contributed by atoms with Crippen LogP contribution >= 0.6 is 38.5 Å². The number of hydrogen-bond donors (Lipinski definition) is 1. The van der Waals surface area contributed by atoms with Gasteiger partial charge in [0.05, 0.1) is 6.04 Å². The summed E-state index contributed by atoms with van der Waals surface area (Å²) >= 11 is 6.05. The lowest BCUT2D eigenvalue weighted by molar-refractivity contribution is 0.628. The molecule has 0 aliphatic carbocycles. The molecule has 1 nitrogen and oxygen atoms in total. The normalized spacial score (nSPS) is 12.4. The first-order valence-electron chi connectivity index (χ1n) is 6.78. The largest absolute Gasteiger partial charge is 0.306 e. The highest BCUT2D eigenvalue weighted by atomic mass is 127. The Morgan fingerprint density at radius 2 is 1.85 bits per heavy atom. The van der Waals surface area contributed by atoms with Crippen LogP contribution < -0.4 is 5.32 Å². The van der Waals surface area contributed by atoms with Crippen molar-refractivity contribution in [1.29, 1.82) is 0 Å². The number of aryl methyl sites for hydroxylation is 2. The maximum absolute atomic E-state index is 3.69. The Bertz CT molecular complexity index is 610. The molecule has 0 fully saturated rings. The van der Waals surface area contributed by atoms with Crippen LogP contribution in [0, 0.1) is 17.4 Å². The summed E-state index contributed by atoms with van der Waals surface area (Å²) in [6.45, 7) is 7.42. The van der Waals surface area contributed by atoms with Crippen molar-refractivity contribution < 1.29 is 0 Å². The fraction of sp³-hybridized carbons (Fsp3) is 0.294. The van der Waals surface area contributed by atoms with Gasteiger partial charge in [0.2, 0.25) is 0 Å². The first kappa shape index (κ1) is 16.0. The fourth-order valence-corrected chi connectivity index (χ4v) is 3.28. The van der Waals surface area contributed by atoms with Gasteiger partial charge < -0.3 is 5.32 Å². The topological polar surface area (TPSA) is 12.0 Å². The van der Waals surface area contributed by atoms with Crippen molar-refractivity contribution >= 4 is 38.5 Å². The van der Waals surface area contributed by atoms with Gasteiger partial charge in [-0.05, 0) is 83.4 Å². The summed E-state index contributed by atoms with van der Waals surface area (Å²) in [4.78, 5) is 0. The second kappa shape index (κ2) is 7.05. The molecule has 2 aromatic rings. The van der Waals surface area contributed by atoms with Gasteiger partial charge in [0.25, 0.3) is 0 Å². The van der Waals surface area contributed by atoms with Crippen LogP contribution in [-0.2, 0) is 0 Å². The number of nitrogens with one attached hydrogen (secondary N) is 1. The van der Waals surface area contributed by atoms with Crippen LogP contribution in [0.15, 0.2) is 40.9 Å². The van der Waals surface area contributed by atoms with E-state index in [0.717, 1.165) is 11.0 Å². The molecule has 0 radical (unpaired) electrons. The van der Waals surface area contributed by atoms with E-state index < -0.39 is 0 Å². The van der Waals surface area contributed by atoms with Gasteiger partial charge in [0.1, 0.15) is 0 Å². The number of halogens is 2. The maximum Gasteiger partial charge on any atom is 0.0588 e. The Labute approximate surface area is 143 Å². The Morgan fingerprint density at radius 3 is 2.50 bits per heavy atom. The molecule has 106 valence electrons. The molecule has 2 aromatic carbocycles. The molecule has 0 aromatic heterocycles. The molecule has 0 saturated heterocycles. The van der Waals surface area contributed by atoms with E-state index in [0.29, 0.717) is 0 Å². The first-order valence-corrected chi connectivity index (χ1v) is 8.65. The summed E-state index contributed by atoms with van der Waals surface area (Å²) in [5.74, 6) is 0. The van der Waals surface area contributed by atoms with E-state index >= 15 is 0 Å². The van der Waals surface area contributed by atoms with Gasteiger partial charge in [-0.15, -0.1) is 0 Å². The summed E-state index contributed by atoms with van der Waals surface area (Å²) in [7, 11) is 0. The third-order valence-electron chi connectivity index (χ3n) is 3.54. The van der Waals surface area contributed by atoms with Crippen LogP contribution in [0.3, 0.4) is 0 Å². The zero-order valence-electron chi connectivity index (χ0n) is 12.0. The molecular weight excluding hydrogens is 425 g/mol. The van der Waals surface area contributed by atoms with Crippen molar-refractivity contribution in [3.05, 3.63) is 66.7 Å². The van der Waals surface area contributed by atoms with E-state index in [4.69, 9.17) is 0 Å². The van der Waals surface area contributed by atoms with Crippen LogP contribution in [0.1, 0.15) is 35.2 Å². The molecule has 0 amide bonds. The molecule has 0 heterocycles. The standard InChI is InChI=1S/C17H19BrIN/c1-4-20-17(13-6-5-11(2)12(3)9-13)15-10-14(19)7-8-16(15)18/h5-10,17,20H,4H2,1-3H3. The van der Waals surface area contributed by atoms with E-state index in [1.807, 2.05) is 0 Å². The van der Waals surface area contributed by atoms with Crippen molar-refractivity contribution in [3.63, 3.8) is 0 Å². The Balaban J connectivity index is 2.49. The summed E-state index contributed by atoms with van der Waals surface area (Å²) in [5, 5.41) is 3.60. The monoisotopic (exact) mass is 443 g/mol. The fourth-order valence-electron chi connectivity index (χ4n) is 2.29. The van der Waals surface area contributed by atoms with Crippen LogP contribution in [0.25, 0.3) is 0 Å². The van der Waals surface area contributed by atoms with Gasteiger partial charge >= 0.3 is 0 Å². The molecule has 0 bridgehead atoms. The maximum atomic E-state index is 3.69. The number of hydrogen-bond acceptors (Lipinski definition) is 1. The molecule has 1 atom stereocenters. The quantitative estimate of drug-likeness (QED) is 0.626.